The van der Waals surface area contributed by atoms with Crippen LogP contribution in [-0.2, 0) is 11.3 Å². The second kappa shape index (κ2) is 5.71. The van der Waals surface area contributed by atoms with Gasteiger partial charge in [-0.25, -0.2) is 0 Å². The maximum Gasteiger partial charge on any atom is 0.240 e. The Morgan fingerprint density at radius 2 is 2.39 bits per heavy atom. The van der Waals surface area contributed by atoms with E-state index in [1.165, 1.54) is 5.56 Å². The number of carbonyl (C=O) groups is 1. The van der Waals surface area contributed by atoms with E-state index in [1.54, 1.807) is 0 Å². The number of nitrogens with one attached hydrogen (secondary N) is 1. The number of benzene rings is 1. The third-order valence-corrected chi connectivity index (χ3v) is 3.92. The lowest BCUT2D eigenvalue weighted by Gasteiger charge is -2.25. The lowest BCUT2D eigenvalue weighted by atomic mass is 10.1. The van der Waals surface area contributed by atoms with Crippen LogP contribution in [0.4, 0.5) is 5.69 Å². The molecular weight excluding hydrogens is 294 g/mol. The average Bonchev–Trinajstić information content (AvgIpc) is 2.78. The topological polar surface area (TPSA) is 58.4 Å². The molecule has 1 fully saturated rings. The summed E-state index contributed by atoms with van der Waals surface area (Å²) in [6, 6.07) is 6.05. The maximum absolute atomic E-state index is 11.4. The highest BCUT2D eigenvalue weighted by molar-refractivity contribution is 9.10. The number of nitrogens with two attached hydrogens (primary N) is 1. The second-order valence-electron chi connectivity index (χ2n) is 4.57. The quantitative estimate of drug-likeness (QED) is 0.888. The number of anilines is 1. The first-order chi connectivity index (χ1) is 8.63. The summed E-state index contributed by atoms with van der Waals surface area (Å²) >= 11 is 3.58. The first kappa shape index (κ1) is 13.4. The normalized spacial score (nSPS) is 19.2. The van der Waals surface area contributed by atoms with Crippen molar-refractivity contribution in [2.24, 2.45) is 5.73 Å². The summed E-state index contributed by atoms with van der Waals surface area (Å²) in [6.45, 7) is 1.72. The van der Waals surface area contributed by atoms with Crippen LogP contribution in [0.15, 0.2) is 22.7 Å². The van der Waals surface area contributed by atoms with Crippen LogP contribution in [0.3, 0.4) is 0 Å². The molecule has 0 bridgehead atoms. The van der Waals surface area contributed by atoms with Gasteiger partial charge in [0.25, 0.3) is 0 Å². The molecule has 3 N–H and O–H groups in total. The van der Waals surface area contributed by atoms with Gasteiger partial charge in [0.15, 0.2) is 0 Å². The van der Waals surface area contributed by atoms with Gasteiger partial charge in [-0.3, -0.25) is 4.79 Å². The predicted octanol–water partition coefficient (Wildman–Crippen LogP) is 1.62. The number of nitrogens with zero attached hydrogens (tertiary/aromatic N) is 1. The monoisotopic (exact) mass is 311 g/mol. The highest BCUT2D eigenvalue weighted by Gasteiger charge is 2.30. The fourth-order valence-corrected chi connectivity index (χ4v) is 3.10. The minimum absolute atomic E-state index is 0.170. The molecule has 98 valence electrons. The fraction of sp³-hybridized carbons (Fsp3) is 0.462. The van der Waals surface area contributed by atoms with Gasteiger partial charge < -0.3 is 16.0 Å². The Hall–Kier alpha value is -1.07. The summed E-state index contributed by atoms with van der Waals surface area (Å²) in [7, 11) is 1.92. The molecule has 1 aliphatic rings. The van der Waals surface area contributed by atoms with E-state index in [-0.39, 0.29) is 11.9 Å². The summed E-state index contributed by atoms with van der Waals surface area (Å²) < 4.78 is 1.02. The van der Waals surface area contributed by atoms with Crippen molar-refractivity contribution < 1.29 is 4.79 Å². The molecule has 1 aliphatic heterocycles. The van der Waals surface area contributed by atoms with Crippen LogP contribution in [0.5, 0.6) is 0 Å². The van der Waals surface area contributed by atoms with Gasteiger partial charge in [-0.1, -0.05) is 6.07 Å². The van der Waals surface area contributed by atoms with Crippen molar-refractivity contribution in [2.45, 2.75) is 25.4 Å². The van der Waals surface area contributed by atoms with Crippen LogP contribution in [0.25, 0.3) is 0 Å². The molecule has 18 heavy (non-hydrogen) atoms. The number of amides is 1. The molecular formula is C13H18BrN3O. The van der Waals surface area contributed by atoms with Crippen molar-refractivity contribution in [2.75, 3.05) is 18.5 Å². The van der Waals surface area contributed by atoms with Crippen molar-refractivity contribution in [1.29, 1.82) is 0 Å². The summed E-state index contributed by atoms with van der Waals surface area (Å²) in [5, 5.41) is 3.12. The summed E-state index contributed by atoms with van der Waals surface area (Å²) in [6.07, 6.45) is 1.86. The fourth-order valence-electron chi connectivity index (χ4n) is 2.45. The third kappa shape index (κ3) is 2.67. The zero-order chi connectivity index (χ0) is 13.1. The molecule has 0 radical (unpaired) electrons. The van der Waals surface area contributed by atoms with E-state index in [0.29, 0.717) is 0 Å². The summed E-state index contributed by atoms with van der Waals surface area (Å²) in [4.78, 5) is 13.5. The molecule has 5 heteroatoms. The number of rotatable bonds is 4. The number of hydrogen-bond donors (Lipinski definition) is 2. The van der Waals surface area contributed by atoms with Gasteiger partial charge in [0, 0.05) is 17.6 Å². The van der Waals surface area contributed by atoms with E-state index in [0.717, 1.165) is 36.1 Å². The molecule has 1 heterocycles. The highest BCUT2D eigenvalue weighted by Crippen LogP contribution is 2.32. The van der Waals surface area contributed by atoms with Crippen molar-refractivity contribution in [3.8, 4) is 0 Å². The first-order valence-corrected chi connectivity index (χ1v) is 6.91. The van der Waals surface area contributed by atoms with Crippen molar-refractivity contribution in [3.63, 3.8) is 0 Å². The predicted molar refractivity (Wildman–Crippen MR) is 76.5 cm³/mol. The zero-order valence-corrected chi connectivity index (χ0v) is 12.0. The molecule has 1 atom stereocenters. The third-order valence-electron chi connectivity index (χ3n) is 3.28. The van der Waals surface area contributed by atoms with E-state index in [9.17, 15) is 4.79 Å². The van der Waals surface area contributed by atoms with E-state index in [1.807, 2.05) is 7.05 Å². The Labute approximate surface area is 116 Å². The highest BCUT2D eigenvalue weighted by atomic mass is 79.9. The molecule has 0 saturated carbocycles. The van der Waals surface area contributed by atoms with Gasteiger partial charge in [0.1, 0.15) is 6.04 Å². The molecule has 1 unspecified atom stereocenters. The molecule has 4 nitrogen and oxygen atoms in total. The molecule has 1 amide bonds. The summed E-state index contributed by atoms with van der Waals surface area (Å²) in [5.41, 5.74) is 7.71. The Morgan fingerprint density at radius 3 is 3.00 bits per heavy atom. The lowest BCUT2D eigenvalue weighted by molar-refractivity contribution is -0.119. The molecule has 1 saturated heterocycles. The molecule has 1 aromatic carbocycles. The number of hydrogen-bond acceptors (Lipinski definition) is 3. The standard InChI is InChI=1S/C13H18BrN3O/c1-16-8-9-4-5-11(10(14)7-9)17-6-2-3-12(17)13(15)18/h4-5,7,12,16H,2-3,6,8H2,1H3,(H2,15,18). The van der Waals surface area contributed by atoms with Crippen LogP contribution in [0, 0.1) is 0 Å². The molecule has 2 rings (SSSR count). The van der Waals surface area contributed by atoms with Crippen LogP contribution in [0.2, 0.25) is 0 Å². The van der Waals surface area contributed by atoms with Gasteiger partial charge in [-0.05, 0) is 53.5 Å². The zero-order valence-electron chi connectivity index (χ0n) is 10.4. The molecule has 0 aromatic heterocycles. The van der Waals surface area contributed by atoms with Gasteiger partial charge in [-0.15, -0.1) is 0 Å². The van der Waals surface area contributed by atoms with Crippen molar-refractivity contribution in [1.82, 2.24) is 5.32 Å². The van der Waals surface area contributed by atoms with Crippen LogP contribution >= 0.6 is 15.9 Å². The van der Waals surface area contributed by atoms with Crippen LogP contribution in [0.1, 0.15) is 18.4 Å². The smallest absolute Gasteiger partial charge is 0.240 e. The Morgan fingerprint density at radius 1 is 1.61 bits per heavy atom. The van der Waals surface area contributed by atoms with E-state index in [4.69, 9.17) is 5.73 Å². The van der Waals surface area contributed by atoms with Crippen LogP contribution in [-0.4, -0.2) is 25.5 Å². The van der Waals surface area contributed by atoms with Crippen LogP contribution < -0.4 is 16.0 Å². The second-order valence-corrected chi connectivity index (χ2v) is 5.42. The minimum Gasteiger partial charge on any atom is -0.368 e. The van der Waals surface area contributed by atoms with Crippen molar-refractivity contribution >= 4 is 27.5 Å². The summed E-state index contributed by atoms with van der Waals surface area (Å²) in [5.74, 6) is -0.237. The number of carbonyl (C=O) groups excluding carboxylic acids is 1. The lowest BCUT2D eigenvalue weighted by Crippen LogP contribution is -2.40. The van der Waals surface area contributed by atoms with Gasteiger partial charge in [0.05, 0.1) is 5.69 Å². The van der Waals surface area contributed by atoms with Gasteiger partial charge in [-0.2, -0.15) is 0 Å². The molecule has 0 spiro atoms. The average molecular weight is 312 g/mol. The number of halogens is 1. The van der Waals surface area contributed by atoms with E-state index < -0.39 is 0 Å². The van der Waals surface area contributed by atoms with Gasteiger partial charge >= 0.3 is 0 Å². The molecule has 1 aromatic rings. The van der Waals surface area contributed by atoms with E-state index >= 15 is 0 Å². The van der Waals surface area contributed by atoms with E-state index in [2.05, 4.69) is 44.3 Å². The Balaban J connectivity index is 2.25. The molecule has 0 aliphatic carbocycles. The Kier molecular flexibility index (Phi) is 4.24. The minimum atomic E-state index is -0.237. The maximum atomic E-state index is 11.4. The SMILES string of the molecule is CNCc1ccc(N2CCCC2C(N)=O)c(Br)c1. The van der Waals surface area contributed by atoms with Crippen molar-refractivity contribution in [3.05, 3.63) is 28.2 Å². The number of primary amides is 1. The Bertz CT molecular complexity index is 450. The first-order valence-electron chi connectivity index (χ1n) is 6.12. The largest absolute Gasteiger partial charge is 0.368 e. The van der Waals surface area contributed by atoms with Gasteiger partial charge in [0.2, 0.25) is 5.91 Å².